The van der Waals surface area contributed by atoms with Gasteiger partial charge in [-0.2, -0.15) is 0 Å². The summed E-state index contributed by atoms with van der Waals surface area (Å²) in [6.07, 6.45) is 1.99. The number of carbonyl (C=O) groups is 1. The van der Waals surface area contributed by atoms with Crippen molar-refractivity contribution in [3.05, 3.63) is 16.1 Å². The Bertz CT molecular complexity index is 458. The van der Waals surface area contributed by atoms with Crippen LogP contribution in [-0.4, -0.2) is 40.5 Å². The predicted molar refractivity (Wildman–Crippen MR) is 81.8 cm³/mol. The molecule has 0 aromatic carbocycles. The van der Waals surface area contributed by atoms with E-state index in [9.17, 15) is 4.79 Å². The number of hydrogen-bond donors (Lipinski definition) is 2. The number of piperidine rings is 1. The van der Waals surface area contributed by atoms with Gasteiger partial charge in [0.25, 0.3) is 5.91 Å². The van der Waals surface area contributed by atoms with Crippen LogP contribution in [0, 0.1) is 0 Å². The fourth-order valence-corrected chi connectivity index (χ4v) is 3.12. The average Bonchev–Trinajstić information content (AvgIpc) is 2.87. The number of rotatable bonds is 3. The first-order chi connectivity index (χ1) is 9.40. The molecule has 112 valence electrons. The van der Waals surface area contributed by atoms with Crippen molar-refractivity contribution < 1.29 is 4.79 Å². The first-order valence-electron chi connectivity index (χ1n) is 7.10. The first kappa shape index (κ1) is 15.4. The third kappa shape index (κ3) is 3.77. The Labute approximate surface area is 124 Å². The summed E-state index contributed by atoms with van der Waals surface area (Å²) in [5.74, 6) is -0.0739. The summed E-state index contributed by atoms with van der Waals surface area (Å²) < 4.78 is 0. The van der Waals surface area contributed by atoms with Crippen LogP contribution in [0.4, 0.5) is 0 Å². The highest BCUT2D eigenvalue weighted by molar-refractivity contribution is 7.09. The largest absolute Gasteiger partial charge is 0.348 e. The topological polar surface area (TPSA) is 71.2 Å². The lowest BCUT2D eigenvalue weighted by molar-refractivity contribution is 0.0809. The van der Waals surface area contributed by atoms with Gasteiger partial charge in [0.2, 0.25) is 0 Å². The van der Waals surface area contributed by atoms with Crippen molar-refractivity contribution in [2.75, 3.05) is 13.1 Å². The molecule has 0 bridgehead atoms. The van der Waals surface area contributed by atoms with Crippen molar-refractivity contribution in [2.45, 2.75) is 51.7 Å². The summed E-state index contributed by atoms with van der Waals surface area (Å²) in [7, 11) is 0. The van der Waals surface area contributed by atoms with E-state index in [0.29, 0.717) is 12.2 Å². The molecule has 0 unspecified atom stereocenters. The van der Waals surface area contributed by atoms with Crippen molar-refractivity contribution in [3.8, 4) is 0 Å². The fourth-order valence-electron chi connectivity index (χ4n) is 2.46. The molecule has 0 radical (unpaired) electrons. The number of nitrogens with two attached hydrogens (primary N) is 1. The van der Waals surface area contributed by atoms with E-state index in [1.54, 1.807) is 5.38 Å². The van der Waals surface area contributed by atoms with Gasteiger partial charge in [0.1, 0.15) is 10.7 Å². The van der Waals surface area contributed by atoms with E-state index in [1.807, 2.05) is 0 Å². The Kier molecular flexibility index (Phi) is 4.78. The Morgan fingerprint density at radius 3 is 2.65 bits per heavy atom. The van der Waals surface area contributed by atoms with E-state index in [4.69, 9.17) is 5.73 Å². The minimum atomic E-state index is -0.0739. The van der Waals surface area contributed by atoms with Crippen molar-refractivity contribution in [2.24, 2.45) is 5.73 Å². The standard InChI is InChI=1S/C14H24N4OS/c1-14(2,3)18-6-4-10(5-7-18)16-13(19)11-9-20-12(8-15)17-11/h9-10H,4-8,15H2,1-3H3,(H,16,19). The second-order valence-corrected chi connectivity index (χ2v) is 7.18. The zero-order valence-corrected chi connectivity index (χ0v) is 13.3. The average molecular weight is 296 g/mol. The molecule has 0 aliphatic carbocycles. The molecule has 20 heavy (non-hydrogen) atoms. The predicted octanol–water partition coefficient (Wildman–Crippen LogP) is 1.59. The molecule has 2 heterocycles. The van der Waals surface area contributed by atoms with Gasteiger partial charge in [-0.15, -0.1) is 11.3 Å². The maximum atomic E-state index is 12.1. The van der Waals surface area contributed by atoms with Crippen molar-refractivity contribution in [1.82, 2.24) is 15.2 Å². The quantitative estimate of drug-likeness (QED) is 0.888. The van der Waals surface area contributed by atoms with Crippen molar-refractivity contribution >= 4 is 17.2 Å². The molecule has 1 amide bonds. The number of thiazole rings is 1. The van der Waals surface area contributed by atoms with Gasteiger partial charge >= 0.3 is 0 Å². The van der Waals surface area contributed by atoms with Gasteiger partial charge < -0.3 is 11.1 Å². The smallest absolute Gasteiger partial charge is 0.270 e. The fraction of sp³-hybridized carbons (Fsp3) is 0.714. The zero-order chi connectivity index (χ0) is 14.8. The number of hydrogen-bond acceptors (Lipinski definition) is 5. The summed E-state index contributed by atoms with van der Waals surface area (Å²) in [5.41, 5.74) is 6.22. The van der Waals surface area contributed by atoms with Gasteiger partial charge in [-0.25, -0.2) is 4.98 Å². The number of amides is 1. The van der Waals surface area contributed by atoms with Crippen molar-refractivity contribution in [3.63, 3.8) is 0 Å². The van der Waals surface area contributed by atoms with Crippen LogP contribution < -0.4 is 11.1 Å². The summed E-state index contributed by atoms with van der Waals surface area (Å²) in [5, 5.41) is 5.67. The number of carbonyl (C=O) groups excluding carboxylic acids is 1. The van der Waals surface area contributed by atoms with Crippen LogP contribution in [0.2, 0.25) is 0 Å². The minimum Gasteiger partial charge on any atom is -0.348 e. The van der Waals surface area contributed by atoms with E-state index in [2.05, 4.69) is 36.0 Å². The molecule has 2 rings (SSSR count). The number of nitrogens with zero attached hydrogens (tertiary/aromatic N) is 2. The summed E-state index contributed by atoms with van der Waals surface area (Å²) in [4.78, 5) is 18.8. The van der Waals surface area contributed by atoms with Crippen LogP contribution in [0.15, 0.2) is 5.38 Å². The van der Waals surface area contributed by atoms with Gasteiger partial charge in [-0.1, -0.05) is 0 Å². The second kappa shape index (κ2) is 6.20. The Hall–Kier alpha value is -0.980. The molecule has 1 aromatic rings. The lowest BCUT2D eigenvalue weighted by atomic mass is 9.98. The highest BCUT2D eigenvalue weighted by Gasteiger charge is 2.27. The number of aromatic nitrogens is 1. The summed E-state index contributed by atoms with van der Waals surface area (Å²) in [6.45, 7) is 9.14. The first-order valence-corrected chi connectivity index (χ1v) is 7.98. The molecular weight excluding hydrogens is 272 g/mol. The van der Waals surface area contributed by atoms with Crippen molar-refractivity contribution in [1.29, 1.82) is 0 Å². The van der Waals surface area contributed by atoms with Gasteiger partial charge in [0, 0.05) is 36.6 Å². The monoisotopic (exact) mass is 296 g/mol. The van der Waals surface area contributed by atoms with Gasteiger partial charge in [-0.05, 0) is 33.6 Å². The molecule has 0 spiro atoms. The van der Waals surface area contributed by atoms with E-state index >= 15 is 0 Å². The van der Waals surface area contributed by atoms with Crippen LogP contribution in [0.1, 0.15) is 49.1 Å². The lowest BCUT2D eigenvalue weighted by Crippen LogP contribution is -2.50. The molecule has 1 aliphatic rings. The van der Waals surface area contributed by atoms with Gasteiger partial charge in [-0.3, -0.25) is 9.69 Å². The van der Waals surface area contributed by atoms with E-state index in [1.165, 1.54) is 11.3 Å². The molecule has 1 saturated heterocycles. The second-order valence-electron chi connectivity index (χ2n) is 6.24. The zero-order valence-electron chi connectivity index (χ0n) is 12.5. The van der Waals surface area contributed by atoms with E-state index in [0.717, 1.165) is 30.9 Å². The molecule has 1 aliphatic heterocycles. The molecule has 1 fully saturated rings. The third-order valence-corrected chi connectivity index (χ3v) is 4.61. The maximum absolute atomic E-state index is 12.1. The molecule has 0 atom stereocenters. The van der Waals surface area contributed by atoms with Crippen LogP contribution >= 0.6 is 11.3 Å². The van der Waals surface area contributed by atoms with Crippen LogP contribution in [0.3, 0.4) is 0 Å². The third-order valence-electron chi connectivity index (χ3n) is 3.74. The Morgan fingerprint density at radius 2 is 2.15 bits per heavy atom. The molecule has 6 heteroatoms. The Morgan fingerprint density at radius 1 is 1.50 bits per heavy atom. The van der Waals surface area contributed by atoms with Crippen LogP contribution in [0.5, 0.6) is 0 Å². The van der Waals surface area contributed by atoms with Crippen LogP contribution in [-0.2, 0) is 6.54 Å². The highest BCUT2D eigenvalue weighted by Crippen LogP contribution is 2.20. The lowest BCUT2D eigenvalue weighted by Gasteiger charge is -2.40. The molecule has 0 saturated carbocycles. The molecule has 5 nitrogen and oxygen atoms in total. The Balaban J connectivity index is 1.85. The minimum absolute atomic E-state index is 0.0739. The molecule has 1 aromatic heterocycles. The van der Waals surface area contributed by atoms with E-state index in [-0.39, 0.29) is 17.5 Å². The normalized spacial score (nSPS) is 18.2. The van der Waals surface area contributed by atoms with Gasteiger partial charge in [0.15, 0.2) is 0 Å². The molecule has 3 N–H and O–H groups in total. The summed E-state index contributed by atoms with van der Waals surface area (Å²) in [6, 6.07) is 0.254. The van der Waals surface area contributed by atoms with E-state index < -0.39 is 0 Å². The van der Waals surface area contributed by atoms with Crippen LogP contribution in [0.25, 0.3) is 0 Å². The highest BCUT2D eigenvalue weighted by atomic mass is 32.1. The number of likely N-dealkylation sites (tertiary alicyclic amines) is 1. The summed E-state index contributed by atoms with van der Waals surface area (Å²) >= 11 is 1.44. The maximum Gasteiger partial charge on any atom is 0.270 e. The SMILES string of the molecule is CC(C)(C)N1CCC(NC(=O)c2csc(CN)n2)CC1. The molecular formula is C14H24N4OS. The number of nitrogens with one attached hydrogen (secondary N) is 1. The van der Waals surface area contributed by atoms with Gasteiger partial charge in [0.05, 0.1) is 0 Å².